The number of nitrogens with zero attached hydrogens (tertiary/aromatic N) is 3. The van der Waals surface area contributed by atoms with Crippen molar-refractivity contribution in [2.75, 3.05) is 11.9 Å². The molecule has 0 bridgehead atoms. The summed E-state index contributed by atoms with van der Waals surface area (Å²) in [5, 5.41) is 6.26. The largest absolute Gasteiger partial charge is 0.459 e. The summed E-state index contributed by atoms with van der Waals surface area (Å²) < 4.78 is 91.9. The zero-order valence-electron chi connectivity index (χ0n) is 34.7. The van der Waals surface area contributed by atoms with Crippen LogP contribution in [-0.2, 0) is 30.6 Å². The minimum absolute atomic E-state index is 0.0286. The van der Waals surface area contributed by atoms with Gasteiger partial charge < -0.3 is 20.3 Å². The van der Waals surface area contributed by atoms with E-state index in [1.54, 1.807) is 29.7 Å². The van der Waals surface area contributed by atoms with Crippen LogP contribution in [0.25, 0.3) is 22.2 Å². The molecule has 2 saturated carbocycles. The molecule has 3 aromatic carbocycles. The van der Waals surface area contributed by atoms with Crippen molar-refractivity contribution in [3.05, 3.63) is 90.3 Å². The minimum Gasteiger partial charge on any atom is -0.459 e. The van der Waals surface area contributed by atoms with E-state index >= 15 is 0 Å². The summed E-state index contributed by atoms with van der Waals surface area (Å²) in [4.78, 5) is 49.6. The lowest BCUT2D eigenvalue weighted by Crippen LogP contribution is -2.58. The molecule has 12 nitrogen and oxygen atoms in total. The summed E-state index contributed by atoms with van der Waals surface area (Å²) in [6.45, 7) is 5.25. The first-order chi connectivity index (χ1) is 29.4. The summed E-state index contributed by atoms with van der Waals surface area (Å²) in [5.74, 6) is -3.38. The van der Waals surface area contributed by atoms with E-state index in [0.717, 1.165) is 25.0 Å². The zero-order valence-corrected chi connectivity index (χ0v) is 35.5. The molecule has 5 atom stereocenters. The van der Waals surface area contributed by atoms with Gasteiger partial charge in [0.1, 0.15) is 35.1 Å². The minimum atomic E-state index is -4.79. The molecule has 3 N–H and O–H groups in total. The van der Waals surface area contributed by atoms with E-state index in [0.29, 0.717) is 49.4 Å². The predicted octanol–water partition coefficient (Wildman–Crippen LogP) is 7.66. The van der Waals surface area contributed by atoms with Crippen molar-refractivity contribution >= 4 is 44.5 Å². The number of carbonyl (C=O) groups excluding carboxylic acids is 3. The molecule has 1 saturated heterocycles. The van der Waals surface area contributed by atoms with Gasteiger partial charge in [0.25, 0.3) is 11.9 Å². The fourth-order valence-electron chi connectivity index (χ4n) is 8.65. The molecule has 2 aliphatic heterocycles. The molecule has 3 heterocycles. The van der Waals surface area contributed by atoms with Gasteiger partial charge in [0, 0.05) is 29.6 Å². The predicted molar refractivity (Wildman–Crippen MR) is 225 cm³/mol. The molecule has 1 aromatic heterocycles. The summed E-state index contributed by atoms with van der Waals surface area (Å²) >= 11 is 0. The molecule has 0 spiro atoms. The first-order valence-electron chi connectivity index (χ1n) is 21.1. The Labute approximate surface area is 357 Å². The van der Waals surface area contributed by atoms with Crippen molar-refractivity contribution in [1.82, 2.24) is 24.5 Å². The Kier molecular flexibility index (Phi) is 11.4. The van der Waals surface area contributed by atoms with Gasteiger partial charge in [-0.15, -0.1) is 0 Å². The number of para-hydroxylation sites is 2. The van der Waals surface area contributed by atoms with Crippen molar-refractivity contribution in [1.29, 1.82) is 0 Å². The fourth-order valence-corrected chi connectivity index (χ4v) is 9.96. The number of aromatic nitrogens is 2. The van der Waals surface area contributed by atoms with Crippen LogP contribution in [-0.4, -0.2) is 75.6 Å². The Bertz CT molecular complexity index is 2520. The molecular formula is C45H50F4N6O6S. The van der Waals surface area contributed by atoms with E-state index in [4.69, 9.17) is 9.72 Å². The number of nitrogens with one attached hydrogen (secondary N) is 3. The maximum absolute atomic E-state index is 14.8. The van der Waals surface area contributed by atoms with Gasteiger partial charge in [-0.3, -0.25) is 23.7 Å². The van der Waals surface area contributed by atoms with Crippen molar-refractivity contribution in [3.63, 3.8) is 0 Å². The van der Waals surface area contributed by atoms with Gasteiger partial charge in [-0.1, -0.05) is 55.3 Å². The third-order valence-corrected chi connectivity index (χ3v) is 14.8. The lowest BCUT2D eigenvalue weighted by atomic mass is 10.0. The molecule has 8 rings (SSSR count). The van der Waals surface area contributed by atoms with Gasteiger partial charge in [-0.05, 0) is 101 Å². The van der Waals surface area contributed by atoms with Crippen molar-refractivity contribution in [2.24, 2.45) is 5.92 Å². The number of sulfonamides is 1. The third kappa shape index (κ3) is 8.51. The quantitative estimate of drug-likeness (QED) is 0.115. The number of hydrogen-bond acceptors (Lipinski definition) is 8. The number of ether oxygens (including phenoxy) is 1. The van der Waals surface area contributed by atoms with Gasteiger partial charge >= 0.3 is 6.18 Å². The Balaban J connectivity index is 1.14. The highest BCUT2D eigenvalue weighted by atomic mass is 32.2. The summed E-state index contributed by atoms with van der Waals surface area (Å²) in [6, 6.07) is 14.4. The summed E-state index contributed by atoms with van der Waals surface area (Å²) in [5.41, 5.74) is -1.01. The van der Waals surface area contributed by atoms with Crippen LogP contribution in [0.1, 0.15) is 90.2 Å². The molecular weight excluding hydrogens is 829 g/mol. The van der Waals surface area contributed by atoms with E-state index in [2.05, 4.69) is 15.4 Å². The van der Waals surface area contributed by atoms with Crippen LogP contribution in [0.15, 0.2) is 78.9 Å². The first-order valence-corrected chi connectivity index (χ1v) is 22.6. The maximum atomic E-state index is 14.8. The molecule has 3 fully saturated rings. The number of hydrogen-bond donors (Lipinski definition) is 3. The third-order valence-electron chi connectivity index (χ3n) is 12.6. The topological polar surface area (TPSA) is 152 Å². The Morgan fingerprint density at radius 1 is 1.02 bits per heavy atom. The van der Waals surface area contributed by atoms with E-state index < -0.39 is 73.8 Å². The second kappa shape index (κ2) is 16.3. The average Bonchev–Trinajstić information content (AvgIpc) is 4.04. The number of carbonyl (C=O) groups is 3. The Morgan fingerprint density at radius 3 is 2.48 bits per heavy atom. The molecule has 2 aliphatic carbocycles. The van der Waals surface area contributed by atoms with E-state index in [9.17, 15) is 40.4 Å². The van der Waals surface area contributed by atoms with Gasteiger partial charge in [0.05, 0.1) is 22.4 Å². The highest BCUT2D eigenvalue weighted by molar-refractivity contribution is 7.91. The standard InChI is InChI=1S/C45H50F4N6O6S/c1-27(2)55-36-18-12-16-34(28-21-30(45(47,48)49)23-31(46)22-28)38(36)51-42(55)61-33-24-37-39(56)52-44(41(58)53-62(59,60)43(3)19-20-43)25-29(44)13-8-5-4-6-11-17-35(40(57)54(37)26-33)50-32-14-9-7-10-15-32/h7-10,12-16,18,21-23,27,29,33,35,37,50H,4-6,11,17,19-20,24-26H2,1-3H3,(H,52,56)(H,53,58)/b13-8-/t29-,33-,35+,37+,44-/m1/s1. The summed E-state index contributed by atoms with van der Waals surface area (Å²) in [6.07, 6.45) is 2.64. The van der Waals surface area contributed by atoms with Gasteiger partial charge in [0.2, 0.25) is 21.8 Å². The number of allylic oxidation sites excluding steroid dienone is 1. The molecule has 330 valence electrons. The number of amides is 3. The number of benzene rings is 3. The van der Waals surface area contributed by atoms with Crippen LogP contribution in [0.5, 0.6) is 6.01 Å². The molecule has 0 unspecified atom stereocenters. The van der Waals surface area contributed by atoms with Gasteiger partial charge in [0.15, 0.2) is 0 Å². The van der Waals surface area contributed by atoms with Gasteiger partial charge in [-0.2, -0.15) is 18.2 Å². The number of imidazole rings is 1. The van der Waals surface area contributed by atoms with Crippen molar-refractivity contribution < 1.29 is 45.1 Å². The smallest absolute Gasteiger partial charge is 0.416 e. The highest BCUT2D eigenvalue weighted by Gasteiger charge is 2.63. The van der Waals surface area contributed by atoms with Crippen molar-refractivity contribution in [2.45, 2.75) is 119 Å². The number of alkyl halides is 3. The lowest BCUT2D eigenvalue weighted by molar-refractivity contribution is -0.140. The normalized spacial score (nSPS) is 25.8. The van der Waals surface area contributed by atoms with Crippen molar-refractivity contribution in [3.8, 4) is 17.1 Å². The molecule has 4 aliphatic rings. The van der Waals surface area contributed by atoms with Crippen LogP contribution in [0.3, 0.4) is 0 Å². The second-order valence-corrected chi connectivity index (χ2v) is 19.7. The zero-order chi connectivity index (χ0) is 44.2. The van der Waals surface area contributed by atoms with Crippen LogP contribution in [0.4, 0.5) is 23.2 Å². The maximum Gasteiger partial charge on any atom is 0.416 e. The SMILES string of the molecule is CC(C)n1c(O[C@@H]2C[C@H]3C(=O)N[C@]4(C(=O)NS(=O)(=O)C5(C)CC5)C[C@H]4/C=C\CCCCC[C@H](Nc4ccccc4)C(=O)N3C2)nc2c(-c3cc(F)cc(C(F)(F)F)c3)cccc21. The first kappa shape index (κ1) is 43.2. The number of anilines is 1. The number of rotatable bonds is 9. The Hall–Kier alpha value is -5.45. The molecule has 3 amide bonds. The molecule has 0 radical (unpaired) electrons. The molecule has 17 heteroatoms. The average molecular weight is 879 g/mol. The van der Waals surface area contributed by atoms with Gasteiger partial charge in [-0.25, -0.2) is 12.8 Å². The van der Waals surface area contributed by atoms with Crippen LogP contribution in [0.2, 0.25) is 0 Å². The second-order valence-electron chi connectivity index (χ2n) is 17.5. The molecule has 62 heavy (non-hydrogen) atoms. The highest BCUT2D eigenvalue weighted by Crippen LogP contribution is 2.48. The fraction of sp³-hybridized carbons (Fsp3) is 0.467. The van der Waals surface area contributed by atoms with E-state index in [-0.39, 0.29) is 54.0 Å². The number of halogens is 4. The van der Waals surface area contributed by atoms with Crippen LogP contribution < -0.4 is 20.1 Å². The van der Waals surface area contributed by atoms with E-state index in [1.165, 1.54) is 4.90 Å². The Morgan fingerprint density at radius 2 is 1.77 bits per heavy atom. The van der Waals surface area contributed by atoms with Crippen LogP contribution >= 0.6 is 0 Å². The summed E-state index contributed by atoms with van der Waals surface area (Å²) in [7, 11) is -4.04. The lowest BCUT2D eigenvalue weighted by Gasteiger charge is -2.30. The van der Waals surface area contributed by atoms with E-state index in [1.807, 2.05) is 56.3 Å². The van der Waals surface area contributed by atoms with Crippen LogP contribution in [0, 0.1) is 11.7 Å². The molecule has 4 aromatic rings. The monoisotopic (exact) mass is 878 g/mol. The number of fused-ring (bicyclic) bond motifs is 3.